The van der Waals surface area contributed by atoms with Gasteiger partial charge in [0.25, 0.3) is 0 Å². The Bertz CT molecular complexity index is 411. The number of fused-ring (bicyclic) bond motifs is 1. The fourth-order valence-corrected chi connectivity index (χ4v) is 2.49. The van der Waals surface area contributed by atoms with E-state index < -0.39 is 0 Å². The second-order valence-corrected chi connectivity index (χ2v) is 4.41. The summed E-state index contributed by atoms with van der Waals surface area (Å²) in [4.78, 5) is 0. The van der Waals surface area contributed by atoms with Gasteiger partial charge in [0.15, 0.2) is 0 Å². The van der Waals surface area contributed by atoms with Crippen LogP contribution in [0.5, 0.6) is 0 Å². The van der Waals surface area contributed by atoms with Crippen LogP contribution >= 0.6 is 0 Å². The van der Waals surface area contributed by atoms with Gasteiger partial charge in [-0.1, -0.05) is 24.3 Å². The van der Waals surface area contributed by atoms with E-state index in [1.807, 2.05) is 13.0 Å². The SMILES string of the molecule is CC#CCCC1CCc2ccccc2C1O. The molecule has 0 radical (unpaired) electrons. The first-order valence-electron chi connectivity index (χ1n) is 5.98. The molecule has 0 heterocycles. The summed E-state index contributed by atoms with van der Waals surface area (Å²) in [6, 6.07) is 8.24. The Morgan fingerprint density at radius 1 is 1.38 bits per heavy atom. The first-order chi connectivity index (χ1) is 7.83. The van der Waals surface area contributed by atoms with Crippen LogP contribution in [-0.4, -0.2) is 5.11 Å². The van der Waals surface area contributed by atoms with Crippen molar-refractivity contribution >= 4 is 0 Å². The van der Waals surface area contributed by atoms with Gasteiger partial charge in [0.05, 0.1) is 6.10 Å². The molecule has 1 N–H and O–H groups in total. The van der Waals surface area contributed by atoms with E-state index >= 15 is 0 Å². The molecule has 1 aromatic rings. The average Bonchev–Trinajstić information content (AvgIpc) is 2.33. The van der Waals surface area contributed by atoms with Gasteiger partial charge >= 0.3 is 0 Å². The predicted molar refractivity (Wildman–Crippen MR) is 65.9 cm³/mol. The smallest absolute Gasteiger partial charge is 0.0821 e. The molecule has 1 aliphatic carbocycles. The van der Waals surface area contributed by atoms with Gasteiger partial charge in [-0.15, -0.1) is 11.8 Å². The molecule has 0 aromatic heterocycles. The average molecular weight is 214 g/mol. The maximum atomic E-state index is 10.3. The van der Waals surface area contributed by atoms with Crippen molar-refractivity contribution in [1.29, 1.82) is 0 Å². The number of aliphatic hydroxyl groups is 1. The molecule has 0 bridgehead atoms. The fourth-order valence-electron chi connectivity index (χ4n) is 2.49. The number of rotatable bonds is 2. The van der Waals surface area contributed by atoms with Gasteiger partial charge in [-0.05, 0) is 43.2 Å². The molecule has 0 spiro atoms. The Kier molecular flexibility index (Phi) is 3.64. The van der Waals surface area contributed by atoms with Gasteiger partial charge in [0, 0.05) is 6.42 Å². The molecule has 2 atom stereocenters. The normalized spacial score (nSPS) is 23.1. The summed E-state index contributed by atoms with van der Waals surface area (Å²) in [5.41, 5.74) is 2.44. The Hall–Kier alpha value is -1.26. The van der Waals surface area contributed by atoms with E-state index in [2.05, 4.69) is 30.0 Å². The third-order valence-electron chi connectivity index (χ3n) is 3.42. The summed E-state index contributed by atoms with van der Waals surface area (Å²) < 4.78 is 0. The van der Waals surface area contributed by atoms with Crippen molar-refractivity contribution in [2.24, 2.45) is 5.92 Å². The molecule has 0 saturated carbocycles. The summed E-state index contributed by atoms with van der Waals surface area (Å²) >= 11 is 0. The topological polar surface area (TPSA) is 20.2 Å². The summed E-state index contributed by atoms with van der Waals surface area (Å²) in [7, 11) is 0. The third-order valence-corrected chi connectivity index (χ3v) is 3.42. The molecule has 0 saturated heterocycles. The highest BCUT2D eigenvalue weighted by Gasteiger charge is 2.26. The van der Waals surface area contributed by atoms with Gasteiger partial charge in [-0.2, -0.15) is 0 Å². The number of benzene rings is 1. The minimum Gasteiger partial charge on any atom is -0.388 e. The quantitative estimate of drug-likeness (QED) is 0.750. The third kappa shape index (κ3) is 2.28. The minimum atomic E-state index is -0.288. The lowest BCUT2D eigenvalue weighted by Crippen LogP contribution is -2.20. The summed E-state index contributed by atoms with van der Waals surface area (Å²) in [5.74, 6) is 6.37. The Morgan fingerprint density at radius 2 is 2.19 bits per heavy atom. The highest BCUT2D eigenvalue weighted by atomic mass is 16.3. The second-order valence-electron chi connectivity index (χ2n) is 4.41. The van der Waals surface area contributed by atoms with Crippen LogP contribution in [0, 0.1) is 17.8 Å². The number of aliphatic hydroxyl groups excluding tert-OH is 1. The van der Waals surface area contributed by atoms with E-state index in [1.165, 1.54) is 5.56 Å². The maximum Gasteiger partial charge on any atom is 0.0821 e. The lowest BCUT2D eigenvalue weighted by Gasteiger charge is -2.29. The van der Waals surface area contributed by atoms with Crippen LogP contribution in [0.3, 0.4) is 0 Å². The number of hydrogen-bond donors (Lipinski definition) is 1. The molecule has 0 amide bonds. The Labute approximate surface area is 97.5 Å². The molecule has 1 aromatic carbocycles. The molecule has 0 fully saturated rings. The summed E-state index contributed by atoms with van der Waals surface area (Å²) in [5, 5.41) is 10.3. The predicted octanol–water partition coefficient (Wildman–Crippen LogP) is 3.09. The zero-order valence-electron chi connectivity index (χ0n) is 9.74. The van der Waals surface area contributed by atoms with Crippen LogP contribution < -0.4 is 0 Å². The van der Waals surface area contributed by atoms with Crippen LogP contribution in [0.2, 0.25) is 0 Å². The van der Waals surface area contributed by atoms with Crippen molar-refractivity contribution in [3.8, 4) is 11.8 Å². The van der Waals surface area contributed by atoms with Crippen molar-refractivity contribution in [3.63, 3.8) is 0 Å². The van der Waals surface area contributed by atoms with Crippen LogP contribution in [0.25, 0.3) is 0 Å². The van der Waals surface area contributed by atoms with E-state index in [0.717, 1.165) is 31.2 Å². The van der Waals surface area contributed by atoms with E-state index in [0.29, 0.717) is 5.92 Å². The largest absolute Gasteiger partial charge is 0.388 e. The van der Waals surface area contributed by atoms with Crippen molar-refractivity contribution < 1.29 is 5.11 Å². The first-order valence-corrected chi connectivity index (χ1v) is 5.98. The molecule has 16 heavy (non-hydrogen) atoms. The highest BCUT2D eigenvalue weighted by molar-refractivity contribution is 5.31. The van der Waals surface area contributed by atoms with Gasteiger partial charge in [0.2, 0.25) is 0 Å². The van der Waals surface area contributed by atoms with E-state index in [9.17, 15) is 5.11 Å². The monoisotopic (exact) mass is 214 g/mol. The van der Waals surface area contributed by atoms with Gasteiger partial charge in [-0.25, -0.2) is 0 Å². The molecule has 1 nitrogen and oxygen atoms in total. The molecule has 1 heteroatoms. The van der Waals surface area contributed by atoms with Crippen LogP contribution in [-0.2, 0) is 6.42 Å². The zero-order valence-corrected chi connectivity index (χ0v) is 9.74. The molecular weight excluding hydrogens is 196 g/mol. The molecule has 1 aliphatic rings. The summed E-state index contributed by atoms with van der Waals surface area (Å²) in [6.45, 7) is 1.87. The first kappa shape index (κ1) is 11.2. The molecule has 84 valence electrons. The fraction of sp³-hybridized carbons (Fsp3) is 0.467. The number of hydrogen-bond acceptors (Lipinski definition) is 1. The Morgan fingerprint density at radius 3 is 3.00 bits per heavy atom. The van der Waals surface area contributed by atoms with Crippen molar-refractivity contribution in [2.45, 2.75) is 38.7 Å². The lowest BCUT2D eigenvalue weighted by molar-refractivity contribution is 0.0894. The van der Waals surface area contributed by atoms with E-state index in [4.69, 9.17) is 0 Å². The molecule has 2 rings (SSSR count). The molecule has 2 unspecified atom stereocenters. The van der Waals surface area contributed by atoms with Gasteiger partial charge < -0.3 is 5.11 Å². The van der Waals surface area contributed by atoms with E-state index in [1.54, 1.807) is 0 Å². The second kappa shape index (κ2) is 5.18. The molecule has 0 aliphatic heterocycles. The van der Waals surface area contributed by atoms with Gasteiger partial charge in [-0.3, -0.25) is 0 Å². The maximum absolute atomic E-state index is 10.3. The lowest BCUT2D eigenvalue weighted by atomic mass is 9.79. The minimum absolute atomic E-state index is 0.288. The van der Waals surface area contributed by atoms with Crippen molar-refractivity contribution in [3.05, 3.63) is 35.4 Å². The van der Waals surface area contributed by atoms with Crippen molar-refractivity contribution in [1.82, 2.24) is 0 Å². The number of aryl methyl sites for hydroxylation is 1. The van der Waals surface area contributed by atoms with Gasteiger partial charge in [0.1, 0.15) is 0 Å². The molecular formula is C15H18O. The summed E-state index contributed by atoms with van der Waals surface area (Å²) in [6.07, 6.45) is 3.81. The Balaban J connectivity index is 2.07. The highest BCUT2D eigenvalue weighted by Crippen LogP contribution is 2.36. The van der Waals surface area contributed by atoms with E-state index in [-0.39, 0.29) is 6.10 Å². The van der Waals surface area contributed by atoms with Crippen LogP contribution in [0.1, 0.15) is 43.4 Å². The van der Waals surface area contributed by atoms with Crippen LogP contribution in [0.4, 0.5) is 0 Å². The van der Waals surface area contributed by atoms with Crippen molar-refractivity contribution in [2.75, 3.05) is 0 Å². The zero-order chi connectivity index (χ0) is 11.4. The van der Waals surface area contributed by atoms with Crippen LogP contribution in [0.15, 0.2) is 24.3 Å². The standard InChI is InChI=1S/C15H18O/c1-2-3-4-8-13-11-10-12-7-5-6-9-14(12)15(13)16/h5-7,9,13,15-16H,4,8,10-11H2,1H3.